The molecule has 3 amide bonds. The van der Waals surface area contributed by atoms with Crippen LogP contribution in [0.5, 0.6) is 5.75 Å². The topological polar surface area (TPSA) is 122 Å². The number of esters is 1. The van der Waals surface area contributed by atoms with Crippen molar-refractivity contribution in [3.05, 3.63) is 24.3 Å². The number of hydrogen-bond donors (Lipinski definition) is 1. The molecule has 1 aliphatic heterocycles. The normalized spacial score (nSPS) is 24.4. The number of carbonyl (C=O) groups is 3. The van der Waals surface area contributed by atoms with Gasteiger partial charge in [0.25, 0.3) is 5.91 Å². The SMILES string of the molecule is CC1CC(C)(C)CC2(C1)NC(=O)N(CC(=O)OCCOc1ccc(S(=O)(=O)N(C)C)cc1)C2=O. The van der Waals surface area contributed by atoms with E-state index in [9.17, 15) is 22.8 Å². The lowest BCUT2D eigenvalue weighted by Gasteiger charge is -2.43. The molecule has 1 saturated heterocycles. The van der Waals surface area contributed by atoms with Gasteiger partial charge in [0.2, 0.25) is 10.0 Å². The van der Waals surface area contributed by atoms with Crippen molar-refractivity contribution in [3.8, 4) is 5.75 Å². The summed E-state index contributed by atoms with van der Waals surface area (Å²) in [4.78, 5) is 38.9. The number of hydrogen-bond acceptors (Lipinski definition) is 7. The Labute approximate surface area is 200 Å². The van der Waals surface area contributed by atoms with Gasteiger partial charge in [-0.15, -0.1) is 0 Å². The summed E-state index contributed by atoms with van der Waals surface area (Å²) >= 11 is 0. The highest BCUT2D eigenvalue weighted by Gasteiger charge is 2.56. The van der Waals surface area contributed by atoms with Gasteiger partial charge in [0, 0.05) is 14.1 Å². The minimum absolute atomic E-state index is 0.0291. The number of nitrogens with zero attached hydrogens (tertiary/aromatic N) is 2. The van der Waals surface area contributed by atoms with Crippen LogP contribution >= 0.6 is 0 Å². The fourth-order valence-corrected chi connectivity index (χ4v) is 5.96. The first-order valence-corrected chi connectivity index (χ1v) is 12.6. The summed E-state index contributed by atoms with van der Waals surface area (Å²) in [7, 11) is -0.631. The van der Waals surface area contributed by atoms with Gasteiger partial charge in [0.15, 0.2) is 0 Å². The van der Waals surface area contributed by atoms with Gasteiger partial charge >= 0.3 is 12.0 Å². The van der Waals surface area contributed by atoms with E-state index in [1.807, 2.05) is 0 Å². The van der Waals surface area contributed by atoms with Gasteiger partial charge in [-0.2, -0.15) is 0 Å². The van der Waals surface area contributed by atoms with Crippen LogP contribution in [0.15, 0.2) is 29.2 Å². The Kier molecular flexibility index (Phi) is 7.28. The largest absolute Gasteiger partial charge is 0.490 e. The minimum Gasteiger partial charge on any atom is -0.490 e. The molecule has 188 valence electrons. The second-order valence-electron chi connectivity index (χ2n) is 10.1. The standard InChI is InChI=1S/C23H33N3O7S/c1-16-12-22(2,3)15-23(13-16)20(28)26(21(29)24-23)14-19(27)33-11-10-32-17-6-8-18(9-7-17)34(30,31)25(4)5/h6-9,16H,10-15H2,1-5H3,(H,24,29). The molecule has 10 nitrogen and oxygen atoms in total. The lowest BCUT2D eigenvalue weighted by Crippen LogP contribution is -2.54. The zero-order valence-electron chi connectivity index (χ0n) is 20.3. The van der Waals surface area contributed by atoms with Crippen LogP contribution in [0, 0.1) is 11.3 Å². The lowest BCUT2D eigenvalue weighted by atomic mass is 9.64. The molecule has 11 heteroatoms. The molecule has 1 spiro atoms. The third kappa shape index (κ3) is 5.52. The van der Waals surface area contributed by atoms with Crippen LogP contribution in [0.1, 0.15) is 40.0 Å². The zero-order valence-corrected chi connectivity index (χ0v) is 21.1. The summed E-state index contributed by atoms with van der Waals surface area (Å²) in [5.74, 6) is -0.397. The van der Waals surface area contributed by atoms with Crippen molar-refractivity contribution in [2.75, 3.05) is 33.9 Å². The first-order valence-electron chi connectivity index (χ1n) is 11.2. The first kappa shape index (κ1) is 26.0. The lowest BCUT2D eigenvalue weighted by molar-refractivity contribution is -0.149. The van der Waals surface area contributed by atoms with Gasteiger partial charge in [-0.3, -0.25) is 14.5 Å². The van der Waals surface area contributed by atoms with E-state index in [2.05, 4.69) is 26.1 Å². The van der Waals surface area contributed by atoms with Crippen molar-refractivity contribution in [2.24, 2.45) is 11.3 Å². The minimum atomic E-state index is -3.53. The third-order valence-electron chi connectivity index (χ3n) is 6.13. The predicted octanol–water partition coefficient (Wildman–Crippen LogP) is 2.00. The molecule has 1 aliphatic carbocycles. The van der Waals surface area contributed by atoms with E-state index in [1.54, 1.807) is 0 Å². The van der Waals surface area contributed by atoms with Crippen LogP contribution in [0.25, 0.3) is 0 Å². The molecule has 1 aromatic rings. The van der Waals surface area contributed by atoms with E-state index in [-0.39, 0.29) is 35.3 Å². The molecule has 1 saturated carbocycles. The van der Waals surface area contributed by atoms with Crippen molar-refractivity contribution in [1.29, 1.82) is 0 Å². The number of carbonyl (C=O) groups excluding carboxylic acids is 3. The Hall–Kier alpha value is -2.66. The Bertz CT molecular complexity index is 1050. The summed E-state index contributed by atoms with van der Waals surface area (Å²) in [6.07, 6.45) is 2.05. The molecule has 1 aromatic carbocycles. The number of benzene rings is 1. The maximum atomic E-state index is 13.1. The second-order valence-corrected chi connectivity index (χ2v) is 12.2. The summed E-state index contributed by atoms with van der Waals surface area (Å²) in [5.41, 5.74) is -1.06. The molecule has 2 fully saturated rings. The van der Waals surface area contributed by atoms with Gasteiger partial charge in [0.1, 0.15) is 31.0 Å². The highest BCUT2D eigenvalue weighted by Crippen LogP contribution is 2.46. The van der Waals surface area contributed by atoms with Crippen molar-refractivity contribution in [2.45, 2.75) is 50.5 Å². The van der Waals surface area contributed by atoms with Crippen molar-refractivity contribution in [3.63, 3.8) is 0 Å². The molecule has 3 rings (SSSR count). The van der Waals surface area contributed by atoms with E-state index >= 15 is 0 Å². The van der Waals surface area contributed by atoms with Gasteiger partial charge in [-0.25, -0.2) is 17.5 Å². The summed E-state index contributed by atoms with van der Waals surface area (Å²) in [6.45, 7) is 5.70. The van der Waals surface area contributed by atoms with Gasteiger partial charge in [-0.05, 0) is 54.9 Å². The number of sulfonamides is 1. The molecule has 1 N–H and O–H groups in total. The molecule has 34 heavy (non-hydrogen) atoms. The highest BCUT2D eigenvalue weighted by molar-refractivity contribution is 7.89. The number of rotatable bonds is 8. The maximum absolute atomic E-state index is 13.1. The Morgan fingerprint density at radius 2 is 1.79 bits per heavy atom. The van der Waals surface area contributed by atoms with Crippen LogP contribution in [-0.2, 0) is 24.3 Å². The van der Waals surface area contributed by atoms with Crippen molar-refractivity contribution >= 4 is 27.9 Å². The molecule has 2 unspecified atom stereocenters. The van der Waals surface area contributed by atoms with Crippen LogP contribution in [0.2, 0.25) is 0 Å². The molecule has 0 aromatic heterocycles. The average molecular weight is 496 g/mol. The number of amides is 3. The van der Waals surface area contributed by atoms with E-state index in [0.717, 1.165) is 15.6 Å². The van der Waals surface area contributed by atoms with Crippen LogP contribution < -0.4 is 10.1 Å². The monoisotopic (exact) mass is 495 g/mol. The van der Waals surface area contributed by atoms with Gasteiger partial charge < -0.3 is 14.8 Å². The number of ether oxygens (including phenoxy) is 2. The van der Waals surface area contributed by atoms with E-state index in [1.165, 1.54) is 38.4 Å². The van der Waals surface area contributed by atoms with Crippen LogP contribution in [0.4, 0.5) is 4.79 Å². The van der Waals surface area contributed by atoms with E-state index < -0.39 is 34.1 Å². The quantitative estimate of drug-likeness (QED) is 0.332. The van der Waals surface area contributed by atoms with Crippen LogP contribution in [-0.4, -0.2) is 74.9 Å². The molecule has 1 heterocycles. The first-order chi connectivity index (χ1) is 15.8. The highest BCUT2D eigenvalue weighted by atomic mass is 32.2. The Balaban J connectivity index is 1.48. The molecule has 0 radical (unpaired) electrons. The zero-order chi connectivity index (χ0) is 25.3. The van der Waals surface area contributed by atoms with E-state index in [0.29, 0.717) is 18.6 Å². The summed E-state index contributed by atoms with van der Waals surface area (Å²) in [5, 5.41) is 2.83. The fourth-order valence-electron chi connectivity index (χ4n) is 5.06. The molecule has 2 aliphatic rings. The molecule has 0 bridgehead atoms. The van der Waals surface area contributed by atoms with Gasteiger partial charge in [-0.1, -0.05) is 20.8 Å². The summed E-state index contributed by atoms with van der Waals surface area (Å²) < 4.78 is 35.9. The molecule has 2 atom stereocenters. The van der Waals surface area contributed by atoms with Crippen LogP contribution in [0.3, 0.4) is 0 Å². The fraction of sp³-hybridized carbons (Fsp3) is 0.609. The predicted molar refractivity (Wildman–Crippen MR) is 124 cm³/mol. The smallest absolute Gasteiger partial charge is 0.326 e. The molecular weight excluding hydrogens is 462 g/mol. The second kappa shape index (κ2) is 9.53. The number of nitrogens with one attached hydrogen (secondary N) is 1. The average Bonchev–Trinajstić information content (AvgIpc) is 2.93. The van der Waals surface area contributed by atoms with Crippen molar-refractivity contribution < 1.29 is 32.3 Å². The number of imide groups is 1. The van der Waals surface area contributed by atoms with E-state index in [4.69, 9.17) is 9.47 Å². The van der Waals surface area contributed by atoms with Gasteiger partial charge in [0.05, 0.1) is 4.90 Å². The Morgan fingerprint density at radius 3 is 2.38 bits per heavy atom. The maximum Gasteiger partial charge on any atom is 0.326 e. The third-order valence-corrected chi connectivity index (χ3v) is 7.96. The Morgan fingerprint density at radius 1 is 1.15 bits per heavy atom. The summed E-state index contributed by atoms with van der Waals surface area (Å²) in [6, 6.07) is 5.31. The molecular formula is C23H33N3O7S. The number of urea groups is 1. The van der Waals surface area contributed by atoms with Crippen molar-refractivity contribution in [1.82, 2.24) is 14.5 Å².